The standard InChI is InChI=1S/C10H15N3O6S2/c1-2-19-10(14)8-5-12-13(9(8)21(11,17)18)7-3-4-20(15,16)6-7/h5,7H,2-4,6H2,1H3,(H2,11,17,18). The summed E-state index contributed by atoms with van der Waals surface area (Å²) in [7, 11) is -7.49. The van der Waals surface area contributed by atoms with Crippen LogP contribution in [0.15, 0.2) is 11.2 Å². The molecule has 1 aliphatic heterocycles. The molecular weight excluding hydrogens is 322 g/mol. The van der Waals surface area contributed by atoms with Crippen LogP contribution in [0.3, 0.4) is 0 Å². The molecule has 1 atom stereocenters. The summed E-state index contributed by atoms with van der Waals surface area (Å²) in [4.78, 5) is 11.8. The second-order valence-corrected chi connectivity index (χ2v) is 8.34. The first-order valence-corrected chi connectivity index (χ1v) is 9.50. The Kier molecular flexibility index (Phi) is 4.08. The number of carbonyl (C=O) groups is 1. The van der Waals surface area contributed by atoms with E-state index >= 15 is 0 Å². The van der Waals surface area contributed by atoms with Crippen molar-refractivity contribution in [1.82, 2.24) is 9.78 Å². The van der Waals surface area contributed by atoms with E-state index in [2.05, 4.69) is 5.10 Å². The normalized spacial score (nSPS) is 21.3. The molecule has 118 valence electrons. The maximum Gasteiger partial charge on any atom is 0.342 e. The predicted octanol–water partition coefficient (Wildman–Crippen LogP) is -0.933. The van der Waals surface area contributed by atoms with Gasteiger partial charge in [0.1, 0.15) is 5.56 Å². The van der Waals surface area contributed by atoms with E-state index < -0.39 is 36.9 Å². The van der Waals surface area contributed by atoms with Crippen molar-refractivity contribution < 1.29 is 26.4 Å². The number of nitrogens with zero attached hydrogens (tertiary/aromatic N) is 2. The van der Waals surface area contributed by atoms with Crippen LogP contribution in [-0.4, -0.2) is 50.7 Å². The van der Waals surface area contributed by atoms with E-state index in [1.54, 1.807) is 6.92 Å². The number of rotatable bonds is 4. The minimum atomic E-state index is -4.25. The Bertz CT molecular complexity index is 765. The molecule has 0 radical (unpaired) electrons. The molecule has 1 aromatic rings. The van der Waals surface area contributed by atoms with Gasteiger partial charge in [-0.3, -0.25) is 0 Å². The van der Waals surface area contributed by atoms with Crippen molar-refractivity contribution >= 4 is 25.8 Å². The molecule has 0 saturated carbocycles. The van der Waals surface area contributed by atoms with E-state index in [1.807, 2.05) is 0 Å². The number of aromatic nitrogens is 2. The molecule has 0 amide bonds. The van der Waals surface area contributed by atoms with E-state index in [9.17, 15) is 21.6 Å². The Morgan fingerprint density at radius 3 is 2.71 bits per heavy atom. The van der Waals surface area contributed by atoms with Crippen molar-refractivity contribution in [3.8, 4) is 0 Å². The van der Waals surface area contributed by atoms with Gasteiger partial charge in [0.15, 0.2) is 14.9 Å². The molecule has 1 saturated heterocycles. The number of carbonyl (C=O) groups excluding carboxylic acids is 1. The maximum absolute atomic E-state index is 11.8. The molecule has 0 aliphatic carbocycles. The highest BCUT2D eigenvalue weighted by Crippen LogP contribution is 2.27. The third-order valence-electron chi connectivity index (χ3n) is 3.07. The van der Waals surface area contributed by atoms with Gasteiger partial charge in [0, 0.05) is 0 Å². The van der Waals surface area contributed by atoms with Crippen LogP contribution >= 0.6 is 0 Å². The van der Waals surface area contributed by atoms with Crippen molar-refractivity contribution in [2.24, 2.45) is 5.14 Å². The molecule has 21 heavy (non-hydrogen) atoms. The van der Waals surface area contributed by atoms with Gasteiger partial charge in [0.25, 0.3) is 10.0 Å². The molecule has 2 rings (SSSR count). The third-order valence-corrected chi connectivity index (χ3v) is 5.77. The van der Waals surface area contributed by atoms with Crippen LogP contribution in [0.4, 0.5) is 0 Å². The van der Waals surface area contributed by atoms with Crippen LogP contribution in [0.25, 0.3) is 0 Å². The third kappa shape index (κ3) is 3.24. The zero-order valence-corrected chi connectivity index (χ0v) is 12.9. The molecule has 1 fully saturated rings. The van der Waals surface area contributed by atoms with Gasteiger partial charge >= 0.3 is 5.97 Å². The van der Waals surface area contributed by atoms with Crippen molar-refractivity contribution in [2.75, 3.05) is 18.1 Å². The van der Waals surface area contributed by atoms with Gasteiger partial charge in [0.2, 0.25) is 0 Å². The summed E-state index contributed by atoms with van der Waals surface area (Å²) < 4.78 is 52.2. The van der Waals surface area contributed by atoms with E-state index in [-0.39, 0.29) is 30.1 Å². The van der Waals surface area contributed by atoms with Gasteiger partial charge in [-0.25, -0.2) is 31.5 Å². The number of hydrogen-bond acceptors (Lipinski definition) is 7. The van der Waals surface area contributed by atoms with Gasteiger partial charge < -0.3 is 4.74 Å². The minimum absolute atomic E-state index is 0.0592. The lowest BCUT2D eigenvalue weighted by Gasteiger charge is -2.12. The van der Waals surface area contributed by atoms with Crippen LogP contribution < -0.4 is 5.14 Å². The zero-order valence-electron chi connectivity index (χ0n) is 11.2. The largest absolute Gasteiger partial charge is 0.462 e. The number of esters is 1. The highest BCUT2D eigenvalue weighted by molar-refractivity contribution is 7.91. The highest BCUT2D eigenvalue weighted by atomic mass is 32.2. The Morgan fingerprint density at radius 2 is 2.24 bits per heavy atom. The molecule has 1 aromatic heterocycles. The van der Waals surface area contributed by atoms with Crippen molar-refractivity contribution in [2.45, 2.75) is 24.4 Å². The second kappa shape index (κ2) is 5.39. The van der Waals surface area contributed by atoms with Gasteiger partial charge in [-0.1, -0.05) is 0 Å². The molecule has 2 heterocycles. The molecule has 0 bridgehead atoms. The van der Waals surface area contributed by atoms with Crippen LogP contribution in [0.1, 0.15) is 29.7 Å². The number of sulfone groups is 1. The van der Waals surface area contributed by atoms with Gasteiger partial charge in [-0.2, -0.15) is 5.10 Å². The molecule has 9 nitrogen and oxygen atoms in total. The average molecular weight is 337 g/mol. The number of nitrogens with two attached hydrogens (primary N) is 1. The fourth-order valence-electron chi connectivity index (χ4n) is 2.21. The van der Waals surface area contributed by atoms with Crippen LogP contribution in [0.2, 0.25) is 0 Å². The quantitative estimate of drug-likeness (QED) is 0.700. The van der Waals surface area contributed by atoms with E-state index in [0.717, 1.165) is 10.9 Å². The summed E-state index contributed by atoms with van der Waals surface area (Å²) >= 11 is 0. The molecular formula is C10H15N3O6S2. The summed E-state index contributed by atoms with van der Waals surface area (Å²) in [5, 5.41) is 8.44. The number of sulfonamides is 1. The molecule has 0 aromatic carbocycles. The van der Waals surface area contributed by atoms with E-state index in [0.29, 0.717) is 0 Å². The summed E-state index contributed by atoms with van der Waals surface area (Å²) in [6.07, 6.45) is 1.25. The lowest BCUT2D eigenvalue weighted by Crippen LogP contribution is -2.24. The lowest BCUT2D eigenvalue weighted by molar-refractivity contribution is 0.0521. The molecule has 2 N–H and O–H groups in total. The fraction of sp³-hybridized carbons (Fsp3) is 0.600. The fourth-order valence-corrected chi connectivity index (χ4v) is 4.80. The van der Waals surface area contributed by atoms with Crippen LogP contribution in [0.5, 0.6) is 0 Å². The summed E-state index contributed by atoms with van der Waals surface area (Å²) in [5.41, 5.74) is -0.288. The maximum atomic E-state index is 11.8. The molecule has 0 spiro atoms. The highest BCUT2D eigenvalue weighted by Gasteiger charge is 2.35. The van der Waals surface area contributed by atoms with Crippen molar-refractivity contribution in [1.29, 1.82) is 0 Å². The molecule has 11 heteroatoms. The zero-order chi connectivity index (χ0) is 15.8. The summed E-state index contributed by atoms with van der Waals surface area (Å²) in [6.45, 7) is 1.63. The smallest absolute Gasteiger partial charge is 0.342 e. The molecule has 1 unspecified atom stereocenters. The SMILES string of the molecule is CCOC(=O)c1cnn(C2CCS(=O)(=O)C2)c1S(N)(=O)=O. The monoisotopic (exact) mass is 337 g/mol. The number of primary sulfonamides is 1. The van der Waals surface area contributed by atoms with Crippen molar-refractivity contribution in [3.05, 3.63) is 11.8 Å². The predicted molar refractivity (Wildman–Crippen MR) is 71.9 cm³/mol. The van der Waals surface area contributed by atoms with Crippen molar-refractivity contribution in [3.63, 3.8) is 0 Å². The summed E-state index contributed by atoms with van der Waals surface area (Å²) in [6, 6.07) is -0.661. The van der Waals surface area contributed by atoms with Gasteiger partial charge in [0.05, 0.1) is 30.4 Å². The minimum Gasteiger partial charge on any atom is -0.462 e. The van der Waals surface area contributed by atoms with Crippen LogP contribution in [0, 0.1) is 0 Å². The average Bonchev–Trinajstić information content (AvgIpc) is 2.91. The Labute approximate surface area is 122 Å². The first-order chi connectivity index (χ1) is 9.65. The topological polar surface area (TPSA) is 138 Å². The Morgan fingerprint density at radius 1 is 1.57 bits per heavy atom. The number of hydrogen-bond donors (Lipinski definition) is 1. The number of ether oxygens (including phenoxy) is 1. The van der Waals surface area contributed by atoms with E-state index in [1.165, 1.54) is 0 Å². The van der Waals surface area contributed by atoms with Crippen LogP contribution in [-0.2, 0) is 24.6 Å². The Balaban J connectivity index is 2.51. The summed E-state index contributed by atoms with van der Waals surface area (Å²) in [5.74, 6) is -1.16. The first-order valence-electron chi connectivity index (χ1n) is 6.13. The van der Waals surface area contributed by atoms with Gasteiger partial charge in [-0.15, -0.1) is 0 Å². The first kappa shape index (κ1) is 15.9. The Hall–Kier alpha value is -1.46. The second-order valence-electron chi connectivity index (χ2n) is 4.63. The molecule has 1 aliphatic rings. The van der Waals surface area contributed by atoms with Gasteiger partial charge in [-0.05, 0) is 13.3 Å². The van der Waals surface area contributed by atoms with E-state index in [4.69, 9.17) is 9.88 Å². The lowest BCUT2D eigenvalue weighted by atomic mass is 10.3.